The Hall–Kier alpha value is -1.63. The van der Waals surface area contributed by atoms with Crippen LogP contribution >= 0.6 is 11.8 Å². The van der Waals surface area contributed by atoms with Gasteiger partial charge in [-0.3, -0.25) is 9.59 Å². The molecule has 0 N–H and O–H groups in total. The van der Waals surface area contributed by atoms with E-state index in [9.17, 15) is 9.59 Å². The Kier molecular flexibility index (Phi) is 5.62. The Balaban J connectivity index is 1.97. The van der Waals surface area contributed by atoms with Crippen molar-refractivity contribution in [3.63, 3.8) is 0 Å². The van der Waals surface area contributed by atoms with Gasteiger partial charge in [-0.25, -0.2) is 9.97 Å². The van der Waals surface area contributed by atoms with Crippen molar-refractivity contribution in [2.75, 3.05) is 18.8 Å². The van der Waals surface area contributed by atoms with E-state index >= 15 is 0 Å². The molecule has 2 heterocycles. The molecule has 1 aliphatic rings. The third kappa shape index (κ3) is 4.92. The number of ether oxygens (including phenoxy) is 1. The average Bonchev–Trinajstić information content (AvgIpc) is 2.45. The molecule has 1 amide bonds. The van der Waals surface area contributed by atoms with Gasteiger partial charge in [0.05, 0.1) is 17.7 Å². The molecule has 1 aromatic heterocycles. The smallest absolute Gasteiger partial charge is 0.308 e. The molecule has 0 radical (unpaired) electrons. The van der Waals surface area contributed by atoms with Gasteiger partial charge in [-0.2, -0.15) is 0 Å². The maximum Gasteiger partial charge on any atom is 0.308 e. The largest absolute Gasteiger partial charge is 0.460 e. The van der Waals surface area contributed by atoms with Gasteiger partial charge in [-0.15, -0.1) is 0 Å². The summed E-state index contributed by atoms with van der Waals surface area (Å²) in [6.07, 6.45) is 2.49. The van der Waals surface area contributed by atoms with E-state index in [1.807, 2.05) is 27.7 Å². The van der Waals surface area contributed by atoms with Crippen LogP contribution < -0.4 is 0 Å². The van der Waals surface area contributed by atoms with E-state index in [0.717, 1.165) is 11.4 Å². The van der Waals surface area contributed by atoms with Gasteiger partial charge in [0.25, 0.3) is 5.91 Å². The molecule has 0 unspecified atom stereocenters. The van der Waals surface area contributed by atoms with Crippen molar-refractivity contribution in [2.24, 2.45) is 0 Å². The maximum atomic E-state index is 12.5. The second-order valence-electron chi connectivity index (χ2n) is 6.32. The Morgan fingerprint density at radius 1 is 1.43 bits per heavy atom. The van der Waals surface area contributed by atoms with Gasteiger partial charge in [0.1, 0.15) is 5.60 Å². The molecular formula is C16H23N3O3S. The van der Waals surface area contributed by atoms with Gasteiger partial charge < -0.3 is 9.64 Å². The third-order valence-electron chi connectivity index (χ3n) is 3.26. The first kappa shape index (κ1) is 17.7. The van der Waals surface area contributed by atoms with E-state index in [2.05, 4.69) is 9.97 Å². The van der Waals surface area contributed by atoms with Gasteiger partial charge in [0.15, 0.2) is 5.16 Å². The van der Waals surface area contributed by atoms with Crippen LogP contribution in [0.1, 0.15) is 50.2 Å². The van der Waals surface area contributed by atoms with E-state index in [1.54, 1.807) is 22.9 Å². The molecule has 0 spiro atoms. The molecule has 1 aliphatic heterocycles. The van der Waals surface area contributed by atoms with Crippen LogP contribution in [-0.4, -0.2) is 51.2 Å². The molecule has 0 fully saturated rings. The van der Waals surface area contributed by atoms with Crippen molar-refractivity contribution < 1.29 is 14.3 Å². The number of thioether (sulfide) groups is 1. The number of nitrogens with zero attached hydrogens (tertiary/aromatic N) is 3. The second kappa shape index (κ2) is 7.29. The summed E-state index contributed by atoms with van der Waals surface area (Å²) in [4.78, 5) is 34.6. The van der Waals surface area contributed by atoms with Crippen LogP contribution in [-0.2, 0) is 16.0 Å². The summed E-state index contributed by atoms with van der Waals surface area (Å²) in [5.74, 6) is 0.499. The molecule has 1 aromatic rings. The molecule has 7 heteroatoms. The number of rotatable bonds is 5. The molecule has 0 bridgehead atoms. The summed E-state index contributed by atoms with van der Waals surface area (Å²) in [6.45, 7) is 8.46. The predicted octanol–water partition coefficient (Wildman–Crippen LogP) is 2.32. The van der Waals surface area contributed by atoms with Crippen LogP contribution in [0.4, 0.5) is 0 Å². The lowest BCUT2D eigenvalue weighted by Gasteiger charge is -2.28. The van der Waals surface area contributed by atoms with Crippen molar-refractivity contribution in [3.05, 3.63) is 17.5 Å². The van der Waals surface area contributed by atoms with Crippen molar-refractivity contribution in [2.45, 2.75) is 51.3 Å². The van der Waals surface area contributed by atoms with Gasteiger partial charge >= 0.3 is 5.97 Å². The standard InChI is InChI=1S/C16H23N3O3S/c1-5-23-15-17-10-11-12(18-15)6-8-19(14(11)21)9-7-13(20)22-16(2,3)4/h10H,5-9H2,1-4H3. The normalized spacial score (nSPS) is 14.6. The van der Waals surface area contributed by atoms with Crippen molar-refractivity contribution in [3.8, 4) is 0 Å². The van der Waals surface area contributed by atoms with Crippen LogP contribution in [0.15, 0.2) is 11.4 Å². The summed E-state index contributed by atoms with van der Waals surface area (Å²) in [5, 5.41) is 0.709. The molecule has 0 saturated heterocycles. The first-order chi connectivity index (χ1) is 10.8. The highest BCUT2D eigenvalue weighted by atomic mass is 32.2. The van der Waals surface area contributed by atoms with Gasteiger partial charge in [0, 0.05) is 25.7 Å². The highest BCUT2D eigenvalue weighted by molar-refractivity contribution is 7.99. The molecular weight excluding hydrogens is 314 g/mol. The summed E-state index contributed by atoms with van der Waals surface area (Å²) in [6, 6.07) is 0. The Morgan fingerprint density at radius 2 is 2.17 bits per heavy atom. The SMILES string of the molecule is CCSc1ncc2c(n1)CCN(CCC(=O)OC(C)(C)C)C2=O. The van der Waals surface area contributed by atoms with Gasteiger partial charge in [-0.05, 0) is 26.5 Å². The molecule has 0 atom stereocenters. The molecule has 0 aromatic carbocycles. The summed E-state index contributed by atoms with van der Waals surface area (Å²) in [7, 11) is 0. The summed E-state index contributed by atoms with van der Waals surface area (Å²) >= 11 is 1.56. The number of amides is 1. The second-order valence-corrected chi connectivity index (χ2v) is 7.56. The third-order valence-corrected chi connectivity index (χ3v) is 4.00. The monoisotopic (exact) mass is 337 g/mol. The van der Waals surface area contributed by atoms with Crippen LogP contribution in [0.5, 0.6) is 0 Å². The number of hydrogen-bond acceptors (Lipinski definition) is 6. The Labute approximate surface area is 141 Å². The molecule has 126 valence electrons. The predicted molar refractivity (Wildman–Crippen MR) is 88.5 cm³/mol. The lowest BCUT2D eigenvalue weighted by Crippen LogP contribution is -2.40. The number of hydrogen-bond donors (Lipinski definition) is 0. The number of esters is 1. The average molecular weight is 337 g/mol. The molecule has 6 nitrogen and oxygen atoms in total. The molecule has 2 rings (SSSR count). The fraction of sp³-hybridized carbons (Fsp3) is 0.625. The summed E-state index contributed by atoms with van der Waals surface area (Å²) < 4.78 is 5.27. The summed E-state index contributed by atoms with van der Waals surface area (Å²) in [5.41, 5.74) is 0.840. The fourth-order valence-electron chi connectivity index (χ4n) is 2.31. The topological polar surface area (TPSA) is 72.4 Å². The Bertz CT molecular complexity index is 599. The van der Waals surface area contributed by atoms with Crippen molar-refractivity contribution >= 4 is 23.6 Å². The minimum Gasteiger partial charge on any atom is -0.460 e. The molecule has 0 saturated carbocycles. The zero-order chi connectivity index (χ0) is 17.0. The number of aromatic nitrogens is 2. The van der Waals surface area contributed by atoms with Crippen LogP contribution in [0.3, 0.4) is 0 Å². The minimum absolute atomic E-state index is 0.108. The lowest BCUT2D eigenvalue weighted by molar-refractivity contribution is -0.155. The van der Waals surface area contributed by atoms with Gasteiger partial charge in [0.2, 0.25) is 0 Å². The van der Waals surface area contributed by atoms with Crippen LogP contribution in [0, 0.1) is 0 Å². The van der Waals surface area contributed by atoms with E-state index in [0.29, 0.717) is 30.2 Å². The number of carbonyl (C=O) groups is 2. The van der Waals surface area contributed by atoms with E-state index in [1.165, 1.54) is 0 Å². The highest BCUT2D eigenvalue weighted by Gasteiger charge is 2.27. The van der Waals surface area contributed by atoms with Crippen molar-refractivity contribution in [1.82, 2.24) is 14.9 Å². The van der Waals surface area contributed by atoms with E-state index < -0.39 is 5.60 Å². The quantitative estimate of drug-likeness (QED) is 0.466. The van der Waals surface area contributed by atoms with Crippen LogP contribution in [0.2, 0.25) is 0 Å². The minimum atomic E-state index is -0.503. The van der Waals surface area contributed by atoms with E-state index in [-0.39, 0.29) is 18.3 Å². The number of fused-ring (bicyclic) bond motifs is 1. The van der Waals surface area contributed by atoms with E-state index in [4.69, 9.17) is 4.74 Å². The van der Waals surface area contributed by atoms with Crippen molar-refractivity contribution in [1.29, 1.82) is 0 Å². The Morgan fingerprint density at radius 3 is 2.83 bits per heavy atom. The fourth-order valence-corrected chi connectivity index (χ4v) is 2.87. The van der Waals surface area contributed by atoms with Crippen LogP contribution in [0.25, 0.3) is 0 Å². The van der Waals surface area contributed by atoms with Gasteiger partial charge in [-0.1, -0.05) is 18.7 Å². The maximum absolute atomic E-state index is 12.5. The first-order valence-electron chi connectivity index (χ1n) is 7.80. The highest BCUT2D eigenvalue weighted by Crippen LogP contribution is 2.20. The first-order valence-corrected chi connectivity index (χ1v) is 8.78. The zero-order valence-electron chi connectivity index (χ0n) is 14.1. The zero-order valence-corrected chi connectivity index (χ0v) is 14.9. The lowest BCUT2D eigenvalue weighted by atomic mass is 10.1. The molecule has 0 aliphatic carbocycles. The number of carbonyl (C=O) groups excluding carboxylic acids is 2. The molecule has 23 heavy (non-hydrogen) atoms.